The Morgan fingerprint density at radius 3 is 2.69 bits per heavy atom. The van der Waals surface area contributed by atoms with E-state index in [1.807, 2.05) is 18.2 Å². The van der Waals surface area contributed by atoms with Gasteiger partial charge in [0, 0.05) is 12.6 Å². The van der Waals surface area contributed by atoms with Crippen LogP contribution in [-0.4, -0.2) is 37.0 Å². The van der Waals surface area contributed by atoms with Gasteiger partial charge in [-0.2, -0.15) is 0 Å². The Kier molecular flexibility index (Phi) is 5.61. The minimum atomic E-state index is -0.285. The van der Waals surface area contributed by atoms with E-state index in [0.717, 1.165) is 5.69 Å². The monoisotopic (exact) mass is 351 g/mol. The van der Waals surface area contributed by atoms with E-state index in [4.69, 9.17) is 0 Å². The topological polar surface area (TPSA) is 115 Å². The van der Waals surface area contributed by atoms with Gasteiger partial charge in [0.2, 0.25) is 5.91 Å². The quantitative estimate of drug-likeness (QED) is 0.657. The van der Waals surface area contributed by atoms with Crippen LogP contribution >= 0.6 is 0 Å². The molecule has 2 N–H and O–H groups in total. The third-order valence-electron chi connectivity index (χ3n) is 3.56. The Bertz CT molecular complexity index is 866. The number of para-hydroxylation sites is 1. The second-order valence-corrected chi connectivity index (χ2v) is 5.42. The van der Waals surface area contributed by atoms with E-state index in [-0.39, 0.29) is 18.2 Å². The molecular weight excluding hydrogens is 334 g/mol. The minimum absolute atomic E-state index is 0.189. The lowest BCUT2D eigenvalue weighted by atomic mass is 10.1. The van der Waals surface area contributed by atoms with Crippen LogP contribution in [0.1, 0.15) is 22.5 Å². The molecule has 9 heteroatoms. The first-order valence-electron chi connectivity index (χ1n) is 8.00. The Labute approximate surface area is 149 Å². The number of nitrogens with zero attached hydrogens (tertiary/aromatic N) is 5. The second-order valence-electron chi connectivity index (χ2n) is 5.42. The molecule has 0 saturated carbocycles. The molecule has 2 heterocycles. The van der Waals surface area contributed by atoms with E-state index in [1.165, 1.54) is 11.0 Å². The Balaban J connectivity index is 1.59. The van der Waals surface area contributed by atoms with Crippen LogP contribution in [0.2, 0.25) is 0 Å². The average Bonchev–Trinajstić information content (AvgIpc) is 3.19. The molecule has 0 aliphatic heterocycles. The molecule has 3 rings (SSSR count). The molecule has 0 spiro atoms. The van der Waals surface area contributed by atoms with Gasteiger partial charge in [0.05, 0.1) is 30.0 Å². The Hall–Kier alpha value is -3.62. The van der Waals surface area contributed by atoms with Gasteiger partial charge in [-0.15, -0.1) is 5.10 Å². The number of pyridine rings is 1. The predicted octanol–water partition coefficient (Wildman–Crippen LogP) is 1.03. The third-order valence-corrected chi connectivity index (χ3v) is 3.56. The fraction of sp³-hybridized carbons (Fsp3) is 0.176. The maximum Gasteiger partial charge on any atom is 0.253 e. The summed E-state index contributed by atoms with van der Waals surface area (Å²) in [5, 5.41) is 16.3. The van der Waals surface area contributed by atoms with Crippen molar-refractivity contribution in [1.29, 1.82) is 0 Å². The van der Waals surface area contributed by atoms with Gasteiger partial charge in [-0.1, -0.05) is 18.2 Å². The minimum Gasteiger partial charge on any atom is -0.346 e. The third kappa shape index (κ3) is 4.69. The molecule has 132 valence electrons. The molecule has 2 amide bonds. The number of nitrogens with one attached hydrogen (secondary N) is 2. The highest BCUT2D eigenvalue weighted by Gasteiger charge is 2.13. The summed E-state index contributed by atoms with van der Waals surface area (Å²) in [6, 6.07) is 12.3. The zero-order valence-corrected chi connectivity index (χ0v) is 13.9. The van der Waals surface area contributed by atoms with Crippen LogP contribution in [0.4, 0.5) is 5.69 Å². The fourth-order valence-corrected chi connectivity index (χ4v) is 2.27. The number of amides is 2. The van der Waals surface area contributed by atoms with Crippen LogP contribution in [-0.2, 0) is 17.9 Å². The maximum atomic E-state index is 12.4. The van der Waals surface area contributed by atoms with Gasteiger partial charge in [-0.05, 0) is 34.7 Å². The molecule has 0 aliphatic carbocycles. The molecule has 26 heavy (non-hydrogen) atoms. The van der Waals surface area contributed by atoms with Gasteiger partial charge >= 0.3 is 0 Å². The van der Waals surface area contributed by atoms with E-state index in [9.17, 15) is 9.59 Å². The Morgan fingerprint density at radius 2 is 1.92 bits per heavy atom. The molecule has 0 atom stereocenters. The zero-order valence-electron chi connectivity index (χ0n) is 13.9. The number of rotatable bonds is 7. The van der Waals surface area contributed by atoms with Crippen LogP contribution in [0.5, 0.6) is 0 Å². The summed E-state index contributed by atoms with van der Waals surface area (Å²) in [6.07, 6.45) is 3.29. The molecule has 9 nitrogen and oxygen atoms in total. The highest BCUT2D eigenvalue weighted by atomic mass is 16.2. The van der Waals surface area contributed by atoms with Crippen LogP contribution in [0, 0.1) is 0 Å². The summed E-state index contributed by atoms with van der Waals surface area (Å²) in [6.45, 7) is 0.661. The van der Waals surface area contributed by atoms with Gasteiger partial charge in [-0.25, -0.2) is 4.68 Å². The number of aromatic nitrogens is 5. The lowest BCUT2D eigenvalue weighted by molar-refractivity contribution is -0.116. The molecule has 0 saturated heterocycles. The normalized spacial score (nSPS) is 10.3. The van der Waals surface area contributed by atoms with Gasteiger partial charge in [0.25, 0.3) is 5.91 Å². The first kappa shape index (κ1) is 17.2. The van der Waals surface area contributed by atoms with Gasteiger partial charge in [-0.3, -0.25) is 14.6 Å². The number of benzene rings is 1. The van der Waals surface area contributed by atoms with Crippen LogP contribution in [0.15, 0.2) is 55.0 Å². The molecule has 3 aromatic rings. The average molecular weight is 351 g/mol. The zero-order chi connectivity index (χ0) is 18.2. The summed E-state index contributed by atoms with van der Waals surface area (Å²) < 4.78 is 1.46. The molecule has 0 fully saturated rings. The SMILES string of the molecule is O=C(CCn1cnnn1)Nc1ccccc1C(=O)NCc1ccccn1. The lowest BCUT2D eigenvalue weighted by Gasteiger charge is -2.11. The first-order valence-corrected chi connectivity index (χ1v) is 8.00. The Morgan fingerprint density at radius 1 is 1.08 bits per heavy atom. The molecule has 0 unspecified atom stereocenters. The highest BCUT2D eigenvalue weighted by molar-refractivity contribution is 6.03. The van der Waals surface area contributed by atoms with Crippen molar-refractivity contribution in [2.45, 2.75) is 19.5 Å². The number of carbonyl (C=O) groups is 2. The standard InChI is InChI=1S/C17H17N7O2/c25-16(8-10-24-12-20-22-23-24)21-15-7-2-1-6-14(15)17(26)19-11-13-5-3-4-9-18-13/h1-7,9,12H,8,10-11H2,(H,19,26)(H,21,25). The van der Waals surface area contributed by atoms with Crippen molar-refractivity contribution in [2.24, 2.45) is 0 Å². The van der Waals surface area contributed by atoms with E-state index < -0.39 is 0 Å². The summed E-state index contributed by atoms with van der Waals surface area (Å²) in [7, 11) is 0. The van der Waals surface area contributed by atoms with Crippen molar-refractivity contribution >= 4 is 17.5 Å². The second kappa shape index (κ2) is 8.47. The number of hydrogen-bond acceptors (Lipinski definition) is 6. The van der Waals surface area contributed by atoms with Crippen LogP contribution in [0.3, 0.4) is 0 Å². The van der Waals surface area contributed by atoms with Crippen molar-refractivity contribution in [3.05, 3.63) is 66.2 Å². The van der Waals surface area contributed by atoms with E-state index in [2.05, 4.69) is 31.1 Å². The predicted molar refractivity (Wildman–Crippen MR) is 92.9 cm³/mol. The fourth-order valence-electron chi connectivity index (χ4n) is 2.27. The molecule has 0 bridgehead atoms. The number of carbonyl (C=O) groups excluding carboxylic acids is 2. The summed E-state index contributed by atoms with van der Waals surface area (Å²) in [5.74, 6) is -0.516. The molecule has 0 aliphatic rings. The summed E-state index contributed by atoms with van der Waals surface area (Å²) in [5.41, 5.74) is 1.59. The molecule has 2 aromatic heterocycles. The smallest absolute Gasteiger partial charge is 0.253 e. The number of tetrazole rings is 1. The van der Waals surface area contributed by atoms with E-state index >= 15 is 0 Å². The largest absolute Gasteiger partial charge is 0.346 e. The summed E-state index contributed by atoms with van der Waals surface area (Å²) >= 11 is 0. The van der Waals surface area contributed by atoms with E-state index in [1.54, 1.807) is 30.5 Å². The number of anilines is 1. The number of aryl methyl sites for hydroxylation is 1. The molecule has 1 aromatic carbocycles. The van der Waals surface area contributed by atoms with Gasteiger partial charge < -0.3 is 10.6 Å². The van der Waals surface area contributed by atoms with E-state index in [0.29, 0.717) is 24.3 Å². The van der Waals surface area contributed by atoms with Crippen LogP contribution < -0.4 is 10.6 Å². The highest BCUT2D eigenvalue weighted by Crippen LogP contribution is 2.15. The van der Waals surface area contributed by atoms with Crippen molar-refractivity contribution < 1.29 is 9.59 Å². The van der Waals surface area contributed by atoms with Crippen molar-refractivity contribution in [2.75, 3.05) is 5.32 Å². The summed E-state index contributed by atoms with van der Waals surface area (Å²) in [4.78, 5) is 28.7. The molecular formula is C17H17N7O2. The van der Waals surface area contributed by atoms with Crippen molar-refractivity contribution in [3.8, 4) is 0 Å². The lowest BCUT2D eigenvalue weighted by Crippen LogP contribution is -2.25. The first-order chi connectivity index (χ1) is 12.7. The maximum absolute atomic E-state index is 12.4. The van der Waals surface area contributed by atoms with Crippen molar-refractivity contribution in [3.63, 3.8) is 0 Å². The van der Waals surface area contributed by atoms with Crippen LogP contribution in [0.25, 0.3) is 0 Å². The van der Waals surface area contributed by atoms with Crippen molar-refractivity contribution in [1.82, 2.24) is 30.5 Å². The number of hydrogen-bond donors (Lipinski definition) is 2. The van der Waals surface area contributed by atoms with Gasteiger partial charge in [0.1, 0.15) is 6.33 Å². The molecule has 0 radical (unpaired) electrons. The van der Waals surface area contributed by atoms with Gasteiger partial charge in [0.15, 0.2) is 0 Å².